The van der Waals surface area contributed by atoms with Crippen LogP contribution in [-0.2, 0) is 6.54 Å². The highest BCUT2D eigenvalue weighted by atomic mass is 35.5. The molecule has 19 heavy (non-hydrogen) atoms. The maximum atomic E-state index is 12.6. The Labute approximate surface area is 119 Å². The molecule has 0 aliphatic carbocycles. The van der Waals surface area contributed by atoms with Gasteiger partial charge in [-0.15, -0.1) is 0 Å². The number of carbonyl (C=O) groups is 1. The molecule has 0 aromatic carbocycles. The van der Waals surface area contributed by atoms with E-state index < -0.39 is 0 Å². The molecule has 0 radical (unpaired) electrons. The predicted octanol–water partition coefficient (Wildman–Crippen LogP) is 2.36. The number of hydrogen-bond donors (Lipinski definition) is 1. The third-order valence-electron chi connectivity index (χ3n) is 3.91. The summed E-state index contributed by atoms with van der Waals surface area (Å²) in [6, 6.07) is 1.89. The van der Waals surface area contributed by atoms with Crippen LogP contribution < -0.4 is 5.73 Å². The average molecular weight is 284 g/mol. The molecule has 2 atom stereocenters. The van der Waals surface area contributed by atoms with Crippen molar-refractivity contribution in [1.29, 1.82) is 0 Å². The molecule has 2 N–H and O–H groups in total. The molecule has 2 rings (SSSR count). The number of likely N-dealkylation sites (tertiary alicyclic amines) is 1. The molecule has 1 aromatic heterocycles. The summed E-state index contributed by atoms with van der Waals surface area (Å²) in [6.45, 7) is 6.34. The molecule has 1 aliphatic rings. The zero-order valence-corrected chi connectivity index (χ0v) is 12.4. The van der Waals surface area contributed by atoms with Crippen LogP contribution in [0.3, 0.4) is 0 Å². The van der Waals surface area contributed by atoms with Crippen molar-refractivity contribution in [1.82, 2.24) is 9.47 Å². The summed E-state index contributed by atoms with van der Waals surface area (Å²) < 4.78 is 1.90. The zero-order valence-electron chi connectivity index (χ0n) is 11.6. The minimum absolute atomic E-state index is 0.0686. The number of amides is 1. The van der Waals surface area contributed by atoms with Gasteiger partial charge in [-0.25, -0.2) is 0 Å². The Kier molecular flexibility index (Phi) is 4.53. The van der Waals surface area contributed by atoms with Crippen molar-refractivity contribution in [2.24, 2.45) is 11.7 Å². The number of carbonyl (C=O) groups excluding carboxylic acids is 1. The summed E-state index contributed by atoms with van der Waals surface area (Å²) in [5.41, 5.74) is 6.64. The van der Waals surface area contributed by atoms with E-state index in [2.05, 4.69) is 0 Å². The molecule has 0 saturated carbocycles. The molecule has 1 aromatic rings. The van der Waals surface area contributed by atoms with Gasteiger partial charge in [0.15, 0.2) is 0 Å². The van der Waals surface area contributed by atoms with E-state index in [4.69, 9.17) is 17.3 Å². The summed E-state index contributed by atoms with van der Waals surface area (Å²) in [7, 11) is 0. The van der Waals surface area contributed by atoms with Gasteiger partial charge >= 0.3 is 0 Å². The van der Waals surface area contributed by atoms with Crippen LogP contribution in [0, 0.1) is 5.92 Å². The van der Waals surface area contributed by atoms with Gasteiger partial charge in [0.05, 0.1) is 5.02 Å². The molecule has 106 valence electrons. The topological polar surface area (TPSA) is 51.3 Å². The third kappa shape index (κ3) is 3.12. The Hall–Kier alpha value is -1.00. The Morgan fingerprint density at radius 2 is 2.37 bits per heavy atom. The molecule has 0 bridgehead atoms. The van der Waals surface area contributed by atoms with Crippen molar-refractivity contribution in [3.8, 4) is 0 Å². The smallest absolute Gasteiger partial charge is 0.270 e. The second-order valence-electron chi connectivity index (χ2n) is 5.34. The number of nitrogens with two attached hydrogens (primary N) is 1. The van der Waals surface area contributed by atoms with Crippen LogP contribution in [0.2, 0.25) is 5.02 Å². The van der Waals surface area contributed by atoms with Crippen molar-refractivity contribution in [3.05, 3.63) is 23.0 Å². The first kappa shape index (κ1) is 14.4. The highest BCUT2D eigenvalue weighted by Crippen LogP contribution is 2.22. The summed E-state index contributed by atoms with van der Waals surface area (Å²) in [5, 5.41) is 0.617. The molecule has 1 aliphatic heterocycles. The predicted molar refractivity (Wildman–Crippen MR) is 77.4 cm³/mol. The second kappa shape index (κ2) is 5.97. The quantitative estimate of drug-likeness (QED) is 0.926. The van der Waals surface area contributed by atoms with Crippen molar-refractivity contribution in [2.45, 2.75) is 39.3 Å². The fraction of sp³-hybridized carbons (Fsp3) is 0.643. The summed E-state index contributed by atoms with van der Waals surface area (Å²) in [6.07, 6.45) is 3.94. The lowest BCUT2D eigenvalue weighted by molar-refractivity contribution is 0.0650. The van der Waals surface area contributed by atoms with Crippen LogP contribution in [0.25, 0.3) is 0 Å². The zero-order chi connectivity index (χ0) is 14.0. The molecule has 5 heteroatoms. The first-order valence-electron chi connectivity index (χ1n) is 6.93. The Balaban J connectivity index is 2.14. The van der Waals surface area contributed by atoms with Gasteiger partial charge in [0.25, 0.3) is 5.91 Å². The molecule has 4 nitrogen and oxygen atoms in total. The first-order valence-corrected chi connectivity index (χ1v) is 7.31. The molecular weight excluding hydrogens is 262 g/mol. The first-order chi connectivity index (χ1) is 9.02. The minimum atomic E-state index is 0.0686. The Bertz CT molecular complexity index is 456. The maximum absolute atomic E-state index is 12.6. The monoisotopic (exact) mass is 283 g/mol. The highest BCUT2D eigenvalue weighted by Gasteiger charge is 2.27. The van der Waals surface area contributed by atoms with Crippen molar-refractivity contribution < 1.29 is 4.79 Å². The van der Waals surface area contributed by atoms with E-state index in [-0.39, 0.29) is 11.9 Å². The van der Waals surface area contributed by atoms with E-state index in [9.17, 15) is 4.79 Å². The van der Waals surface area contributed by atoms with E-state index in [1.54, 1.807) is 6.07 Å². The van der Waals surface area contributed by atoms with Crippen LogP contribution >= 0.6 is 11.6 Å². The van der Waals surface area contributed by atoms with Gasteiger partial charge in [-0.1, -0.05) is 11.6 Å². The van der Waals surface area contributed by atoms with Crippen LogP contribution in [0.15, 0.2) is 12.3 Å². The number of piperidine rings is 1. The van der Waals surface area contributed by atoms with Gasteiger partial charge in [0.2, 0.25) is 0 Å². The van der Waals surface area contributed by atoms with Gasteiger partial charge in [0.1, 0.15) is 5.69 Å². The maximum Gasteiger partial charge on any atom is 0.270 e. The van der Waals surface area contributed by atoms with Crippen LogP contribution in [-0.4, -0.2) is 34.5 Å². The molecular formula is C14H22ClN3O. The minimum Gasteiger partial charge on any atom is -0.342 e. The van der Waals surface area contributed by atoms with Crippen LogP contribution in [0.5, 0.6) is 0 Å². The second-order valence-corrected chi connectivity index (χ2v) is 5.78. The number of nitrogens with zero attached hydrogens (tertiary/aromatic N) is 2. The SMILES string of the molecule is CCn1cc(Cl)cc1C(=O)N1CCCC(C(C)N)C1. The van der Waals surface area contributed by atoms with E-state index >= 15 is 0 Å². The van der Waals surface area contributed by atoms with Gasteiger partial charge in [-0.2, -0.15) is 0 Å². The summed E-state index contributed by atoms with van der Waals surface area (Å²) in [4.78, 5) is 14.5. The molecule has 0 spiro atoms. The number of aryl methyl sites for hydroxylation is 1. The van der Waals surface area contributed by atoms with Crippen molar-refractivity contribution in [3.63, 3.8) is 0 Å². The lowest BCUT2D eigenvalue weighted by Gasteiger charge is -2.34. The van der Waals surface area contributed by atoms with Crippen LogP contribution in [0.1, 0.15) is 37.2 Å². The molecule has 1 amide bonds. The third-order valence-corrected chi connectivity index (χ3v) is 4.12. The van der Waals surface area contributed by atoms with E-state index in [1.165, 1.54) is 0 Å². The van der Waals surface area contributed by atoms with Gasteiger partial charge < -0.3 is 15.2 Å². The lowest BCUT2D eigenvalue weighted by atomic mass is 9.92. The van der Waals surface area contributed by atoms with Crippen LogP contribution in [0.4, 0.5) is 0 Å². The standard InChI is InChI=1S/C14H22ClN3O/c1-3-17-9-12(15)7-13(17)14(19)18-6-4-5-11(8-18)10(2)16/h7,9-11H,3-6,8,16H2,1-2H3. The summed E-state index contributed by atoms with van der Waals surface area (Å²) in [5.74, 6) is 0.470. The van der Waals surface area contributed by atoms with Gasteiger partial charge in [-0.05, 0) is 38.7 Å². The lowest BCUT2D eigenvalue weighted by Crippen LogP contribution is -2.45. The van der Waals surface area contributed by atoms with E-state index in [0.29, 0.717) is 16.6 Å². The average Bonchev–Trinajstić information content (AvgIpc) is 2.79. The van der Waals surface area contributed by atoms with E-state index in [0.717, 1.165) is 32.5 Å². The molecule has 2 unspecified atom stereocenters. The number of halogens is 1. The number of rotatable bonds is 3. The van der Waals surface area contributed by atoms with Crippen molar-refractivity contribution in [2.75, 3.05) is 13.1 Å². The van der Waals surface area contributed by atoms with Gasteiger partial charge in [0, 0.05) is 31.9 Å². The Morgan fingerprint density at radius 1 is 1.63 bits per heavy atom. The van der Waals surface area contributed by atoms with Crippen molar-refractivity contribution >= 4 is 17.5 Å². The number of hydrogen-bond acceptors (Lipinski definition) is 2. The normalized spacial score (nSPS) is 21.5. The molecule has 1 fully saturated rings. The fourth-order valence-corrected chi connectivity index (χ4v) is 2.92. The highest BCUT2D eigenvalue weighted by molar-refractivity contribution is 6.31. The van der Waals surface area contributed by atoms with E-state index in [1.807, 2.05) is 29.5 Å². The largest absolute Gasteiger partial charge is 0.342 e. The van der Waals surface area contributed by atoms with Gasteiger partial charge in [-0.3, -0.25) is 4.79 Å². The summed E-state index contributed by atoms with van der Waals surface area (Å²) >= 11 is 5.99. The number of aromatic nitrogens is 1. The molecule has 2 heterocycles. The Morgan fingerprint density at radius 3 is 3.00 bits per heavy atom. The molecule has 1 saturated heterocycles. The fourth-order valence-electron chi connectivity index (χ4n) is 2.70.